The molecule has 1 aliphatic heterocycles. The molecule has 15 heavy (non-hydrogen) atoms. The molecule has 90 valence electrons. The van der Waals surface area contributed by atoms with Crippen LogP contribution in [0.2, 0.25) is 0 Å². The van der Waals surface area contributed by atoms with Gasteiger partial charge in [0.15, 0.2) is 0 Å². The van der Waals surface area contributed by atoms with Gasteiger partial charge in [0.2, 0.25) is 0 Å². The second-order valence-corrected chi connectivity index (χ2v) is 5.83. The Bertz CT molecular complexity index is 173. The Labute approximate surface area is 94.8 Å². The molecule has 0 aliphatic carbocycles. The predicted octanol–water partition coefficient (Wildman–Crippen LogP) is 2.83. The van der Waals surface area contributed by atoms with Gasteiger partial charge in [-0.15, -0.1) is 0 Å². The molecule has 0 radical (unpaired) electrons. The maximum Gasteiger partial charge on any atom is 0.0471 e. The van der Waals surface area contributed by atoms with Crippen LogP contribution in [0.15, 0.2) is 0 Å². The molecule has 1 atom stereocenters. The van der Waals surface area contributed by atoms with Gasteiger partial charge in [-0.2, -0.15) is 0 Å². The summed E-state index contributed by atoms with van der Waals surface area (Å²) in [5, 5.41) is 3.67. The molecule has 0 bridgehead atoms. The van der Waals surface area contributed by atoms with Crippen molar-refractivity contribution in [3.63, 3.8) is 0 Å². The maximum absolute atomic E-state index is 5.41. The molecule has 1 saturated heterocycles. The van der Waals surface area contributed by atoms with E-state index >= 15 is 0 Å². The number of hydrogen-bond acceptors (Lipinski definition) is 2. The number of rotatable bonds is 5. The topological polar surface area (TPSA) is 21.3 Å². The zero-order valence-corrected chi connectivity index (χ0v) is 10.8. The van der Waals surface area contributed by atoms with E-state index in [0.29, 0.717) is 11.5 Å². The van der Waals surface area contributed by atoms with Gasteiger partial charge in [0.25, 0.3) is 0 Å². The van der Waals surface area contributed by atoms with Crippen LogP contribution in [0.25, 0.3) is 0 Å². The van der Waals surface area contributed by atoms with Gasteiger partial charge in [-0.05, 0) is 37.5 Å². The Balaban J connectivity index is 2.22. The van der Waals surface area contributed by atoms with Crippen molar-refractivity contribution in [2.75, 3.05) is 19.8 Å². The fourth-order valence-electron chi connectivity index (χ4n) is 2.25. The van der Waals surface area contributed by atoms with Crippen LogP contribution >= 0.6 is 0 Å². The number of nitrogens with one attached hydrogen (secondary N) is 1. The van der Waals surface area contributed by atoms with Crippen molar-refractivity contribution in [3.05, 3.63) is 0 Å². The lowest BCUT2D eigenvalue weighted by atomic mass is 9.82. The van der Waals surface area contributed by atoms with Crippen LogP contribution in [-0.2, 0) is 4.74 Å². The quantitative estimate of drug-likeness (QED) is 0.758. The first-order chi connectivity index (χ1) is 7.02. The SMILES string of the molecule is CC(C)CC(C)NCC1(C)CCOCC1. The minimum atomic E-state index is 0.462. The Morgan fingerprint density at radius 2 is 1.80 bits per heavy atom. The van der Waals surface area contributed by atoms with E-state index < -0.39 is 0 Å². The third kappa shape index (κ3) is 4.98. The molecule has 1 aliphatic rings. The van der Waals surface area contributed by atoms with Crippen LogP contribution in [0.1, 0.15) is 47.0 Å². The molecule has 0 amide bonds. The summed E-state index contributed by atoms with van der Waals surface area (Å²) in [6.45, 7) is 12.3. The smallest absolute Gasteiger partial charge is 0.0471 e. The van der Waals surface area contributed by atoms with E-state index in [2.05, 4.69) is 33.0 Å². The average molecular weight is 213 g/mol. The molecule has 0 aromatic heterocycles. The van der Waals surface area contributed by atoms with Crippen molar-refractivity contribution < 1.29 is 4.74 Å². The maximum atomic E-state index is 5.41. The van der Waals surface area contributed by atoms with Gasteiger partial charge in [-0.1, -0.05) is 20.8 Å². The summed E-state index contributed by atoms with van der Waals surface area (Å²) >= 11 is 0. The summed E-state index contributed by atoms with van der Waals surface area (Å²) in [6.07, 6.45) is 3.68. The third-order valence-electron chi connectivity index (χ3n) is 3.40. The van der Waals surface area contributed by atoms with Crippen molar-refractivity contribution in [3.8, 4) is 0 Å². The second-order valence-electron chi connectivity index (χ2n) is 5.83. The van der Waals surface area contributed by atoms with Gasteiger partial charge in [-0.3, -0.25) is 0 Å². The molecular formula is C13H27NO. The van der Waals surface area contributed by atoms with Crippen LogP contribution in [0.4, 0.5) is 0 Å². The zero-order valence-electron chi connectivity index (χ0n) is 10.8. The molecule has 1 unspecified atom stereocenters. The van der Waals surface area contributed by atoms with E-state index in [4.69, 9.17) is 4.74 Å². The Morgan fingerprint density at radius 3 is 2.33 bits per heavy atom. The molecule has 2 heteroatoms. The monoisotopic (exact) mass is 213 g/mol. The molecular weight excluding hydrogens is 186 g/mol. The molecule has 0 saturated carbocycles. The van der Waals surface area contributed by atoms with Gasteiger partial charge in [-0.25, -0.2) is 0 Å². The Kier molecular flexibility index (Phi) is 5.07. The standard InChI is InChI=1S/C13H27NO/c1-11(2)9-12(3)14-10-13(4)5-7-15-8-6-13/h11-12,14H,5-10H2,1-4H3. The Morgan fingerprint density at radius 1 is 1.20 bits per heavy atom. The van der Waals surface area contributed by atoms with Gasteiger partial charge in [0, 0.05) is 25.8 Å². The first-order valence-corrected chi connectivity index (χ1v) is 6.33. The van der Waals surface area contributed by atoms with Crippen LogP contribution in [-0.4, -0.2) is 25.8 Å². The molecule has 0 aromatic rings. The van der Waals surface area contributed by atoms with Crippen molar-refractivity contribution in [1.82, 2.24) is 5.32 Å². The molecule has 0 spiro atoms. The third-order valence-corrected chi connectivity index (χ3v) is 3.40. The summed E-state index contributed by atoms with van der Waals surface area (Å²) < 4.78 is 5.41. The first kappa shape index (κ1) is 13.0. The van der Waals surface area contributed by atoms with Crippen molar-refractivity contribution in [1.29, 1.82) is 0 Å². The summed E-state index contributed by atoms with van der Waals surface area (Å²) in [5.41, 5.74) is 0.462. The highest BCUT2D eigenvalue weighted by Crippen LogP contribution is 2.28. The number of ether oxygens (including phenoxy) is 1. The molecule has 1 fully saturated rings. The lowest BCUT2D eigenvalue weighted by Gasteiger charge is -2.35. The zero-order chi connectivity index (χ0) is 11.3. The highest BCUT2D eigenvalue weighted by molar-refractivity contribution is 4.80. The van der Waals surface area contributed by atoms with Gasteiger partial charge in [0.1, 0.15) is 0 Å². The fourth-order valence-corrected chi connectivity index (χ4v) is 2.25. The van der Waals surface area contributed by atoms with Gasteiger partial charge in [0.05, 0.1) is 0 Å². The summed E-state index contributed by atoms with van der Waals surface area (Å²) in [4.78, 5) is 0. The van der Waals surface area contributed by atoms with E-state index in [1.54, 1.807) is 0 Å². The van der Waals surface area contributed by atoms with E-state index in [0.717, 1.165) is 25.7 Å². The summed E-state index contributed by atoms with van der Waals surface area (Å²) in [7, 11) is 0. The van der Waals surface area contributed by atoms with Crippen molar-refractivity contribution in [2.45, 2.75) is 53.0 Å². The van der Waals surface area contributed by atoms with Crippen molar-refractivity contribution in [2.24, 2.45) is 11.3 Å². The lowest BCUT2D eigenvalue weighted by molar-refractivity contribution is 0.0228. The van der Waals surface area contributed by atoms with Gasteiger partial charge >= 0.3 is 0 Å². The van der Waals surface area contributed by atoms with Crippen LogP contribution in [0.3, 0.4) is 0 Å². The highest BCUT2D eigenvalue weighted by atomic mass is 16.5. The molecule has 1 N–H and O–H groups in total. The minimum Gasteiger partial charge on any atom is -0.381 e. The summed E-state index contributed by atoms with van der Waals surface area (Å²) in [5.74, 6) is 0.787. The number of hydrogen-bond donors (Lipinski definition) is 1. The fraction of sp³-hybridized carbons (Fsp3) is 1.00. The predicted molar refractivity (Wildman–Crippen MR) is 65.1 cm³/mol. The van der Waals surface area contributed by atoms with E-state index in [1.807, 2.05) is 0 Å². The minimum absolute atomic E-state index is 0.462. The van der Waals surface area contributed by atoms with Crippen LogP contribution in [0.5, 0.6) is 0 Å². The normalized spacial score (nSPS) is 23.0. The Hall–Kier alpha value is -0.0800. The second kappa shape index (κ2) is 5.86. The summed E-state index contributed by atoms with van der Waals surface area (Å²) in [6, 6.07) is 0.643. The van der Waals surface area contributed by atoms with Crippen LogP contribution in [0, 0.1) is 11.3 Å². The lowest BCUT2D eigenvalue weighted by Crippen LogP contribution is -2.40. The molecule has 1 rings (SSSR count). The molecule has 0 aromatic carbocycles. The van der Waals surface area contributed by atoms with E-state index in [-0.39, 0.29) is 0 Å². The molecule has 2 nitrogen and oxygen atoms in total. The molecule has 1 heterocycles. The average Bonchev–Trinajstić information content (AvgIpc) is 2.15. The van der Waals surface area contributed by atoms with Crippen molar-refractivity contribution >= 4 is 0 Å². The first-order valence-electron chi connectivity index (χ1n) is 6.33. The highest BCUT2D eigenvalue weighted by Gasteiger charge is 2.27. The van der Waals surface area contributed by atoms with Crippen LogP contribution < -0.4 is 5.32 Å². The van der Waals surface area contributed by atoms with E-state index in [1.165, 1.54) is 19.3 Å². The van der Waals surface area contributed by atoms with E-state index in [9.17, 15) is 0 Å². The van der Waals surface area contributed by atoms with Gasteiger partial charge < -0.3 is 10.1 Å². The largest absolute Gasteiger partial charge is 0.381 e.